The third-order valence-corrected chi connectivity index (χ3v) is 7.71. The van der Waals surface area contributed by atoms with Crippen molar-refractivity contribution in [1.82, 2.24) is 14.7 Å². The van der Waals surface area contributed by atoms with E-state index in [2.05, 4.69) is 63.7 Å². The molecule has 8 nitrogen and oxygen atoms in total. The smallest absolute Gasteiger partial charge is 0.254 e. The number of benzene rings is 2. The molecule has 2 aliphatic rings. The molecule has 2 aromatic carbocycles. The minimum atomic E-state index is -0.681. The van der Waals surface area contributed by atoms with Crippen molar-refractivity contribution in [3.05, 3.63) is 71.9 Å². The predicted molar refractivity (Wildman–Crippen MR) is 144 cm³/mol. The first-order chi connectivity index (χ1) is 18.4. The van der Waals surface area contributed by atoms with Gasteiger partial charge in [-0.2, -0.15) is 10.4 Å². The van der Waals surface area contributed by atoms with Crippen LogP contribution in [-0.4, -0.2) is 39.6 Å². The molecule has 0 spiro atoms. The summed E-state index contributed by atoms with van der Waals surface area (Å²) in [7, 11) is 0. The number of nitriles is 1. The van der Waals surface area contributed by atoms with Crippen LogP contribution in [0.2, 0.25) is 0 Å². The molecule has 1 saturated heterocycles. The second-order valence-corrected chi connectivity index (χ2v) is 10.2. The lowest BCUT2D eigenvalue weighted by molar-refractivity contribution is -0.117. The summed E-state index contributed by atoms with van der Waals surface area (Å²) in [6.45, 7) is 2.34. The zero-order valence-corrected chi connectivity index (χ0v) is 21.1. The Morgan fingerprint density at radius 2 is 1.79 bits per heavy atom. The molecule has 2 amide bonds. The fourth-order valence-corrected chi connectivity index (χ4v) is 5.22. The van der Waals surface area contributed by atoms with Gasteiger partial charge in [0.25, 0.3) is 5.91 Å². The Kier molecular flexibility index (Phi) is 7.00. The van der Waals surface area contributed by atoms with Gasteiger partial charge in [-0.3, -0.25) is 19.2 Å². The first kappa shape index (κ1) is 25.3. The number of hydrogen-bond donors (Lipinski definition) is 2. The molecule has 8 heteroatoms. The van der Waals surface area contributed by atoms with Gasteiger partial charge in [0.05, 0.1) is 23.9 Å². The number of amides is 2. The molecule has 0 bridgehead atoms. The Balaban J connectivity index is 1.28. The quantitative estimate of drug-likeness (QED) is 0.451. The van der Waals surface area contributed by atoms with Gasteiger partial charge >= 0.3 is 0 Å². The van der Waals surface area contributed by atoms with E-state index in [1.54, 1.807) is 10.9 Å². The Hall–Kier alpha value is -4.40. The fourth-order valence-electron chi connectivity index (χ4n) is 5.22. The molecule has 1 aromatic heterocycles. The lowest BCUT2D eigenvalue weighted by Gasteiger charge is -2.40. The van der Waals surface area contributed by atoms with Gasteiger partial charge in [-0.1, -0.05) is 54.6 Å². The molecule has 3 aromatic rings. The average molecular weight is 507 g/mol. The van der Waals surface area contributed by atoms with Crippen LogP contribution in [0.5, 0.6) is 0 Å². The second kappa shape index (κ2) is 10.5. The van der Waals surface area contributed by atoms with E-state index in [1.165, 1.54) is 16.7 Å². The van der Waals surface area contributed by atoms with Crippen molar-refractivity contribution in [3.63, 3.8) is 0 Å². The lowest BCUT2D eigenvalue weighted by Crippen LogP contribution is -2.46. The molecule has 2 fully saturated rings. The number of carbonyl (C=O) groups excluding carboxylic acids is 2. The van der Waals surface area contributed by atoms with Crippen LogP contribution in [0.3, 0.4) is 0 Å². The van der Waals surface area contributed by atoms with Crippen molar-refractivity contribution < 1.29 is 9.59 Å². The van der Waals surface area contributed by atoms with Gasteiger partial charge in [0.1, 0.15) is 5.56 Å². The number of carbonyl (C=O) groups is 2. The van der Waals surface area contributed by atoms with E-state index in [4.69, 9.17) is 12.2 Å². The first-order valence-corrected chi connectivity index (χ1v) is 12.8. The van der Waals surface area contributed by atoms with Gasteiger partial charge in [-0.25, -0.2) is 0 Å². The van der Waals surface area contributed by atoms with Crippen molar-refractivity contribution in [1.29, 1.82) is 5.26 Å². The summed E-state index contributed by atoms with van der Waals surface area (Å²) in [5.41, 5.74) is 8.75. The summed E-state index contributed by atoms with van der Waals surface area (Å²) < 4.78 is 1.67. The highest BCUT2D eigenvalue weighted by Gasteiger charge is 2.43. The molecular weight excluding hydrogens is 476 g/mol. The molecule has 1 aliphatic carbocycles. The molecule has 1 saturated carbocycles. The number of likely N-dealkylation sites (tertiary alicyclic amines) is 1. The zero-order chi connectivity index (χ0) is 26.7. The maximum atomic E-state index is 12.6. The summed E-state index contributed by atoms with van der Waals surface area (Å²) in [6.07, 6.45) is 9.20. The van der Waals surface area contributed by atoms with Gasteiger partial charge in [0.15, 0.2) is 5.82 Å². The third kappa shape index (κ3) is 5.18. The van der Waals surface area contributed by atoms with Gasteiger partial charge in [0.2, 0.25) is 5.91 Å². The van der Waals surface area contributed by atoms with Crippen molar-refractivity contribution >= 4 is 17.6 Å². The fraction of sp³-hybridized carbons (Fsp3) is 0.333. The summed E-state index contributed by atoms with van der Waals surface area (Å²) in [6, 6.07) is 21.2. The van der Waals surface area contributed by atoms with E-state index in [-0.39, 0.29) is 35.5 Å². The number of rotatable bonds is 8. The maximum Gasteiger partial charge on any atom is 0.254 e. The van der Waals surface area contributed by atoms with Crippen LogP contribution >= 0.6 is 0 Å². The summed E-state index contributed by atoms with van der Waals surface area (Å²) in [5, 5.41) is 16.9. The number of terminal acetylenes is 1. The van der Waals surface area contributed by atoms with Crippen molar-refractivity contribution in [2.75, 3.05) is 18.4 Å². The number of nitrogens with zero attached hydrogens (tertiary/aromatic N) is 4. The first-order valence-electron chi connectivity index (χ1n) is 12.8. The minimum absolute atomic E-state index is 0.0853. The second-order valence-electron chi connectivity index (χ2n) is 10.2. The molecule has 38 heavy (non-hydrogen) atoms. The molecule has 2 atom stereocenters. The Morgan fingerprint density at radius 3 is 2.39 bits per heavy atom. The normalized spacial score (nSPS) is 20.2. The van der Waals surface area contributed by atoms with Gasteiger partial charge in [-0.05, 0) is 36.0 Å². The molecule has 192 valence electrons. The highest BCUT2D eigenvalue weighted by atomic mass is 16.2. The highest BCUT2D eigenvalue weighted by molar-refractivity contribution is 6.03. The van der Waals surface area contributed by atoms with Crippen LogP contribution < -0.4 is 11.1 Å². The molecule has 5 rings (SSSR count). The monoisotopic (exact) mass is 506 g/mol. The Labute approximate surface area is 222 Å². The average Bonchev–Trinajstić information content (AvgIpc) is 3.61. The zero-order valence-electron chi connectivity index (χ0n) is 21.1. The number of nitrogens with one attached hydrogen (secondary N) is 1. The van der Waals surface area contributed by atoms with Crippen LogP contribution in [0, 0.1) is 35.5 Å². The SMILES string of the molecule is C#C[C@H]1C[C@@H]1C(=O)Nc1nn(C2(CC#N)CCN(Cc3ccc(-c4ccccc4)cc3)CC2)cc1C(N)=O. The van der Waals surface area contributed by atoms with E-state index in [0.29, 0.717) is 19.3 Å². The molecule has 0 unspecified atom stereocenters. The number of hydrogen-bond acceptors (Lipinski definition) is 5. The summed E-state index contributed by atoms with van der Waals surface area (Å²) in [5.74, 6) is 1.41. The highest BCUT2D eigenvalue weighted by Crippen LogP contribution is 2.39. The van der Waals surface area contributed by atoms with Crippen LogP contribution in [0.4, 0.5) is 5.82 Å². The minimum Gasteiger partial charge on any atom is -0.365 e. The van der Waals surface area contributed by atoms with Crippen LogP contribution in [0.15, 0.2) is 60.8 Å². The van der Waals surface area contributed by atoms with E-state index >= 15 is 0 Å². The van der Waals surface area contributed by atoms with Crippen LogP contribution in [-0.2, 0) is 16.9 Å². The summed E-state index contributed by atoms with van der Waals surface area (Å²) in [4.78, 5) is 27.1. The number of piperidine rings is 1. The molecule has 1 aliphatic heterocycles. The van der Waals surface area contributed by atoms with Gasteiger partial charge in [-0.15, -0.1) is 12.3 Å². The predicted octanol–water partition coefficient (Wildman–Crippen LogP) is 3.76. The number of aromatic nitrogens is 2. The largest absolute Gasteiger partial charge is 0.365 e. The molecule has 0 radical (unpaired) electrons. The molecule has 2 heterocycles. The van der Waals surface area contributed by atoms with Gasteiger partial charge < -0.3 is 11.1 Å². The lowest BCUT2D eigenvalue weighted by atomic mass is 9.84. The number of anilines is 1. The van der Waals surface area contributed by atoms with E-state index in [0.717, 1.165) is 19.6 Å². The topological polar surface area (TPSA) is 117 Å². The van der Waals surface area contributed by atoms with Crippen LogP contribution in [0.25, 0.3) is 11.1 Å². The van der Waals surface area contributed by atoms with Crippen LogP contribution in [0.1, 0.15) is 41.6 Å². The number of primary amides is 1. The van der Waals surface area contributed by atoms with E-state index in [1.807, 2.05) is 18.2 Å². The Bertz CT molecular complexity index is 1410. The molecular formula is C30H30N6O2. The maximum absolute atomic E-state index is 12.6. The Morgan fingerprint density at radius 1 is 1.11 bits per heavy atom. The van der Waals surface area contributed by atoms with Crippen molar-refractivity contribution in [2.24, 2.45) is 17.6 Å². The van der Waals surface area contributed by atoms with E-state index in [9.17, 15) is 14.9 Å². The van der Waals surface area contributed by atoms with Gasteiger partial charge in [0, 0.05) is 31.7 Å². The molecule has 3 N–H and O–H groups in total. The summed E-state index contributed by atoms with van der Waals surface area (Å²) >= 11 is 0. The standard InChI is InChI=1S/C30H30N6O2/c1-2-22-18-25(22)29(38)33-28-26(27(32)37)20-36(34-28)30(12-15-31)13-16-35(17-14-30)19-21-8-10-24(11-9-21)23-6-4-3-5-7-23/h1,3-11,20,22,25H,12-14,16-19H2,(H2,32,37)(H,33,34,38)/t22-,25-/m0/s1. The van der Waals surface area contributed by atoms with E-state index < -0.39 is 11.4 Å². The number of nitrogens with two attached hydrogens (primary N) is 1. The van der Waals surface area contributed by atoms with Crippen molar-refractivity contribution in [3.8, 4) is 29.5 Å². The third-order valence-electron chi connectivity index (χ3n) is 7.71. The van der Waals surface area contributed by atoms with Crippen molar-refractivity contribution in [2.45, 2.75) is 37.8 Å².